The molecule has 1 N–H and O–H groups in total. The van der Waals surface area contributed by atoms with Crippen molar-refractivity contribution < 1.29 is 4.79 Å². The Labute approximate surface area is 144 Å². The van der Waals surface area contributed by atoms with Gasteiger partial charge in [-0.15, -0.1) is 0 Å². The van der Waals surface area contributed by atoms with Gasteiger partial charge in [0.2, 0.25) is 5.91 Å². The Morgan fingerprint density at radius 3 is 2.83 bits per heavy atom. The number of aromatic nitrogens is 2. The van der Waals surface area contributed by atoms with E-state index in [1.54, 1.807) is 0 Å². The standard InChI is InChI=1S/C19H28N4O/c24-19(14-5-2-1-3-6-14)23-10-8-17-16(13-23)12-21-18(22-17)15-7-4-9-20-11-15/h12,14-15,20H,1-11,13H2/t15-/m0/s1. The topological polar surface area (TPSA) is 58.1 Å². The Hall–Kier alpha value is -1.49. The fourth-order valence-electron chi connectivity index (χ4n) is 4.40. The van der Waals surface area contributed by atoms with Crippen LogP contribution in [0.2, 0.25) is 0 Å². The predicted molar refractivity (Wildman–Crippen MR) is 92.6 cm³/mol. The number of nitrogens with zero attached hydrogens (tertiary/aromatic N) is 3. The highest BCUT2D eigenvalue weighted by Gasteiger charge is 2.29. The van der Waals surface area contributed by atoms with Crippen molar-refractivity contribution in [3.63, 3.8) is 0 Å². The van der Waals surface area contributed by atoms with Crippen LogP contribution >= 0.6 is 0 Å². The number of nitrogens with one attached hydrogen (secondary N) is 1. The summed E-state index contributed by atoms with van der Waals surface area (Å²) in [6, 6.07) is 0. The smallest absolute Gasteiger partial charge is 0.225 e. The number of rotatable bonds is 2. The third kappa shape index (κ3) is 3.32. The Morgan fingerprint density at radius 1 is 1.17 bits per heavy atom. The SMILES string of the molecule is O=C(C1CCCCC1)N1CCc2nc([C@H]3CCCNC3)ncc2C1. The minimum Gasteiger partial charge on any atom is -0.338 e. The summed E-state index contributed by atoms with van der Waals surface area (Å²) < 4.78 is 0. The Kier molecular flexibility index (Phi) is 4.79. The van der Waals surface area contributed by atoms with Gasteiger partial charge in [0.1, 0.15) is 5.82 Å². The molecule has 1 aliphatic carbocycles. The third-order valence-corrected chi connectivity index (χ3v) is 5.88. The molecule has 1 aromatic rings. The van der Waals surface area contributed by atoms with Gasteiger partial charge in [0.25, 0.3) is 0 Å². The van der Waals surface area contributed by atoms with Gasteiger partial charge in [-0.2, -0.15) is 0 Å². The van der Waals surface area contributed by atoms with Crippen molar-refractivity contribution in [2.75, 3.05) is 19.6 Å². The van der Waals surface area contributed by atoms with Crippen LogP contribution in [0, 0.1) is 5.92 Å². The van der Waals surface area contributed by atoms with Gasteiger partial charge in [-0.05, 0) is 32.2 Å². The molecule has 5 heteroatoms. The van der Waals surface area contributed by atoms with Crippen LogP contribution in [0.4, 0.5) is 0 Å². The van der Waals surface area contributed by atoms with Crippen LogP contribution in [0.1, 0.15) is 67.9 Å². The maximum atomic E-state index is 12.8. The molecule has 3 heterocycles. The van der Waals surface area contributed by atoms with Crippen molar-refractivity contribution in [3.8, 4) is 0 Å². The Balaban J connectivity index is 1.44. The summed E-state index contributed by atoms with van der Waals surface area (Å²) in [6.07, 6.45) is 11.1. The van der Waals surface area contributed by atoms with E-state index in [-0.39, 0.29) is 5.92 Å². The summed E-state index contributed by atoms with van der Waals surface area (Å²) in [5.41, 5.74) is 2.32. The highest BCUT2D eigenvalue weighted by Crippen LogP contribution is 2.28. The fraction of sp³-hybridized carbons (Fsp3) is 0.737. The first-order chi connectivity index (χ1) is 11.8. The van der Waals surface area contributed by atoms with Gasteiger partial charge in [-0.3, -0.25) is 4.79 Å². The highest BCUT2D eigenvalue weighted by molar-refractivity contribution is 5.79. The Morgan fingerprint density at radius 2 is 2.04 bits per heavy atom. The van der Waals surface area contributed by atoms with Crippen LogP contribution in [-0.2, 0) is 17.8 Å². The second-order valence-electron chi connectivity index (χ2n) is 7.59. The molecule has 0 bridgehead atoms. The highest BCUT2D eigenvalue weighted by atomic mass is 16.2. The molecule has 1 atom stereocenters. The van der Waals surface area contributed by atoms with Crippen molar-refractivity contribution in [1.29, 1.82) is 0 Å². The fourth-order valence-corrected chi connectivity index (χ4v) is 4.40. The summed E-state index contributed by atoms with van der Waals surface area (Å²) >= 11 is 0. The van der Waals surface area contributed by atoms with Crippen molar-refractivity contribution >= 4 is 5.91 Å². The van der Waals surface area contributed by atoms with Crippen molar-refractivity contribution in [1.82, 2.24) is 20.2 Å². The molecule has 0 aromatic carbocycles. The van der Waals surface area contributed by atoms with Crippen molar-refractivity contribution in [2.45, 2.75) is 63.8 Å². The van der Waals surface area contributed by atoms with Crippen molar-refractivity contribution in [3.05, 3.63) is 23.3 Å². The van der Waals surface area contributed by atoms with E-state index in [0.29, 0.717) is 18.4 Å². The van der Waals surface area contributed by atoms with Gasteiger partial charge in [0, 0.05) is 49.7 Å². The number of piperidine rings is 1. The van der Waals surface area contributed by atoms with Crippen LogP contribution in [0.5, 0.6) is 0 Å². The predicted octanol–water partition coefficient (Wildman–Crippen LogP) is 2.41. The molecule has 24 heavy (non-hydrogen) atoms. The van der Waals surface area contributed by atoms with E-state index >= 15 is 0 Å². The molecule has 2 fully saturated rings. The minimum absolute atomic E-state index is 0.258. The summed E-state index contributed by atoms with van der Waals surface area (Å²) in [4.78, 5) is 24.3. The van der Waals surface area contributed by atoms with Crippen LogP contribution < -0.4 is 5.32 Å². The minimum atomic E-state index is 0.258. The van der Waals surface area contributed by atoms with Gasteiger partial charge >= 0.3 is 0 Å². The molecule has 1 saturated heterocycles. The lowest BCUT2D eigenvalue weighted by molar-refractivity contribution is -0.137. The van der Waals surface area contributed by atoms with E-state index in [0.717, 1.165) is 50.3 Å². The molecule has 5 nitrogen and oxygen atoms in total. The first-order valence-electron chi connectivity index (χ1n) is 9.65. The summed E-state index contributed by atoms with van der Waals surface area (Å²) in [5.74, 6) is 2.06. The largest absolute Gasteiger partial charge is 0.338 e. The molecule has 0 spiro atoms. The molecule has 0 radical (unpaired) electrons. The van der Waals surface area contributed by atoms with E-state index in [1.165, 1.54) is 37.8 Å². The maximum absolute atomic E-state index is 12.8. The first kappa shape index (κ1) is 16.0. The lowest BCUT2D eigenvalue weighted by Crippen LogP contribution is -2.41. The molecular weight excluding hydrogens is 300 g/mol. The van der Waals surface area contributed by atoms with Gasteiger partial charge < -0.3 is 10.2 Å². The number of fused-ring (bicyclic) bond motifs is 1. The number of hydrogen-bond donors (Lipinski definition) is 1. The summed E-state index contributed by atoms with van der Waals surface area (Å²) in [6.45, 7) is 3.63. The molecule has 3 aliphatic rings. The third-order valence-electron chi connectivity index (χ3n) is 5.88. The van der Waals surface area contributed by atoms with Gasteiger partial charge in [-0.1, -0.05) is 19.3 Å². The summed E-state index contributed by atoms with van der Waals surface area (Å²) in [5, 5.41) is 3.44. The maximum Gasteiger partial charge on any atom is 0.225 e. The average molecular weight is 328 g/mol. The number of amides is 1. The molecule has 1 aromatic heterocycles. The molecule has 0 unspecified atom stereocenters. The molecule has 2 aliphatic heterocycles. The molecule has 1 amide bonds. The zero-order valence-electron chi connectivity index (χ0n) is 14.5. The van der Waals surface area contributed by atoms with E-state index in [2.05, 4.69) is 10.3 Å². The second-order valence-corrected chi connectivity index (χ2v) is 7.59. The number of carbonyl (C=O) groups is 1. The average Bonchev–Trinajstić information content (AvgIpc) is 2.68. The normalized spacial score (nSPS) is 25.3. The monoisotopic (exact) mass is 328 g/mol. The Bertz CT molecular complexity index is 591. The zero-order chi connectivity index (χ0) is 16.4. The molecule has 130 valence electrons. The first-order valence-corrected chi connectivity index (χ1v) is 9.65. The molecular formula is C19H28N4O. The molecule has 4 rings (SSSR count). The van der Waals surface area contributed by atoms with E-state index in [4.69, 9.17) is 4.98 Å². The van der Waals surface area contributed by atoms with Crippen LogP contribution in [0.3, 0.4) is 0 Å². The van der Waals surface area contributed by atoms with E-state index < -0.39 is 0 Å². The lowest BCUT2D eigenvalue weighted by Gasteiger charge is -2.33. The lowest BCUT2D eigenvalue weighted by atomic mass is 9.88. The van der Waals surface area contributed by atoms with Crippen LogP contribution in [-0.4, -0.2) is 40.4 Å². The second kappa shape index (κ2) is 7.18. The van der Waals surface area contributed by atoms with E-state index in [1.807, 2.05) is 11.1 Å². The van der Waals surface area contributed by atoms with Crippen molar-refractivity contribution in [2.24, 2.45) is 5.92 Å². The van der Waals surface area contributed by atoms with Gasteiger partial charge in [0.15, 0.2) is 0 Å². The summed E-state index contributed by atoms with van der Waals surface area (Å²) in [7, 11) is 0. The van der Waals surface area contributed by atoms with Gasteiger partial charge in [0.05, 0.1) is 5.69 Å². The van der Waals surface area contributed by atoms with E-state index in [9.17, 15) is 4.79 Å². The van der Waals surface area contributed by atoms with Gasteiger partial charge in [-0.25, -0.2) is 9.97 Å². The zero-order valence-corrected chi connectivity index (χ0v) is 14.5. The molecule has 1 saturated carbocycles. The van der Waals surface area contributed by atoms with Crippen LogP contribution in [0.15, 0.2) is 6.20 Å². The quantitative estimate of drug-likeness (QED) is 0.906. The number of carbonyl (C=O) groups excluding carboxylic acids is 1. The number of hydrogen-bond acceptors (Lipinski definition) is 4. The van der Waals surface area contributed by atoms with Crippen LogP contribution in [0.25, 0.3) is 0 Å².